The van der Waals surface area contributed by atoms with Crippen LogP contribution in [0.5, 0.6) is 0 Å². The topological polar surface area (TPSA) is 75.2 Å². The molecule has 3 heterocycles. The lowest BCUT2D eigenvalue weighted by atomic mass is 10.2. The summed E-state index contributed by atoms with van der Waals surface area (Å²) in [6, 6.07) is 1.95. The number of pyridine rings is 1. The van der Waals surface area contributed by atoms with Crippen molar-refractivity contribution in [3.63, 3.8) is 0 Å². The predicted octanol–water partition coefficient (Wildman–Crippen LogP) is 2.26. The third-order valence-electron chi connectivity index (χ3n) is 3.72. The quantitative estimate of drug-likeness (QED) is 0.933. The van der Waals surface area contributed by atoms with Gasteiger partial charge in [-0.25, -0.2) is 4.98 Å². The second kappa shape index (κ2) is 6.45. The average molecular weight is 330 g/mol. The molecule has 0 saturated heterocycles. The largest absolute Gasteiger partial charge is 0.310 e. The summed E-state index contributed by atoms with van der Waals surface area (Å²) in [5.74, 6) is -0.168. The van der Waals surface area contributed by atoms with E-state index in [1.165, 1.54) is 11.3 Å². The fraction of sp³-hybridized carbons (Fsp3) is 0.375. The molecule has 2 aromatic heterocycles. The first kappa shape index (κ1) is 15.6. The summed E-state index contributed by atoms with van der Waals surface area (Å²) in [6.45, 7) is 4.33. The summed E-state index contributed by atoms with van der Waals surface area (Å²) < 4.78 is 0. The molecule has 3 rings (SSSR count). The van der Waals surface area contributed by atoms with Crippen LogP contribution in [0.25, 0.3) is 0 Å². The Morgan fingerprint density at radius 2 is 2.26 bits per heavy atom. The van der Waals surface area contributed by atoms with Crippen molar-refractivity contribution in [2.45, 2.75) is 26.7 Å². The molecular formula is C16H18N4O2S. The molecule has 120 valence electrons. The minimum Gasteiger partial charge on any atom is -0.310 e. The second-order valence-electron chi connectivity index (χ2n) is 5.76. The zero-order chi connectivity index (χ0) is 16.4. The molecule has 0 atom stereocenters. The van der Waals surface area contributed by atoms with Gasteiger partial charge in [0.15, 0.2) is 5.13 Å². The third kappa shape index (κ3) is 3.39. The van der Waals surface area contributed by atoms with Crippen molar-refractivity contribution in [2.24, 2.45) is 5.92 Å². The van der Waals surface area contributed by atoms with E-state index in [2.05, 4.69) is 15.3 Å². The lowest BCUT2D eigenvalue weighted by molar-refractivity contribution is -0.119. The van der Waals surface area contributed by atoms with E-state index in [1.807, 2.05) is 25.3 Å². The van der Waals surface area contributed by atoms with E-state index in [1.54, 1.807) is 17.3 Å². The van der Waals surface area contributed by atoms with Crippen LogP contribution in [-0.2, 0) is 22.4 Å². The van der Waals surface area contributed by atoms with Crippen LogP contribution in [-0.4, -0.2) is 28.3 Å². The molecule has 0 spiro atoms. The van der Waals surface area contributed by atoms with Gasteiger partial charge in [-0.1, -0.05) is 13.8 Å². The van der Waals surface area contributed by atoms with Gasteiger partial charge in [-0.2, -0.15) is 0 Å². The second-order valence-corrected chi connectivity index (χ2v) is 6.62. The molecule has 2 aromatic rings. The van der Waals surface area contributed by atoms with Crippen molar-refractivity contribution in [2.75, 3.05) is 16.8 Å². The van der Waals surface area contributed by atoms with Crippen molar-refractivity contribution < 1.29 is 9.59 Å². The highest BCUT2D eigenvalue weighted by atomic mass is 32.1. The van der Waals surface area contributed by atoms with Gasteiger partial charge in [-0.3, -0.25) is 14.6 Å². The van der Waals surface area contributed by atoms with Crippen molar-refractivity contribution in [1.29, 1.82) is 0 Å². The smallest absolute Gasteiger partial charge is 0.233 e. The Morgan fingerprint density at radius 1 is 1.43 bits per heavy atom. The maximum absolute atomic E-state index is 12.5. The molecular weight excluding hydrogens is 312 g/mol. The van der Waals surface area contributed by atoms with Gasteiger partial charge in [0, 0.05) is 24.0 Å². The molecule has 1 aliphatic rings. The number of nitrogens with zero attached hydrogens (tertiary/aromatic N) is 3. The van der Waals surface area contributed by atoms with Crippen LogP contribution >= 0.6 is 11.3 Å². The maximum Gasteiger partial charge on any atom is 0.233 e. The highest BCUT2D eigenvalue weighted by molar-refractivity contribution is 7.13. The number of rotatable bonds is 4. The number of fused-ring (bicyclic) bond motifs is 1. The lowest BCUT2D eigenvalue weighted by Gasteiger charge is -2.16. The average Bonchev–Trinajstić information content (AvgIpc) is 3.13. The number of amides is 2. The minimum atomic E-state index is -0.0995. The summed E-state index contributed by atoms with van der Waals surface area (Å²) in [7, 11) is 0. The number of hydrogen-bond acceptors (Lipinski definition) is 5. The number of aromatic nitrogens is 2. The van der Waals surface area contributed by atoms with Gasteiger partial charge in [-0.15, -0.1) is 11.3 Å². The molecule has 1 N–H and O–H groups in total. The van der Waals surface area contributed by atoms with Gasteiger partial charge in [0.25, 0.3) is 0 Å². The molecule has 7 heteroatoms. The highest BCUT2D eigenvalue weighted by Crippen LogP contribution is 2.27. The Morgan fingerprint density at radius 3 is 3.04 bits per heavy atom. The normalized spacial score (nSPS) is 13.3. The van der Waals surface area contributed by atoms with Crippen LogP contribution in [0.3, 0.4) is 0 Å². The lowest BCUT2D eigenvalue weighted by Crippen LogP contribution is -2.30. The SMILES string of the molecule is CC(C)C(=O)Nc1nc(CC(=O)N2CCc3ccncc32)cs1. The molecule has 0 saturated carbocycles. The van der Waals surface area contributed by atoms with Gasteiger partial charge < -0.3 is 10.2 Å². The number of anilines is 2. The molecule has 0 unspecified atom stereocenters. The summed E-state index contributed by atoms with van der Waals surface area (Å²) in [4.78, 5) is 34.3. The first-order valence-corrected chi connectivity index (χ1v) is 8.41. The Bertz CT molecular complexity index is 741. The van der Waals surface area contributed by atoms with Crippen LogP contribution in [0.2, 0.25) is 0 Å². The zero-order valence-electron chi connectivity index (χ0n) is 13.1. The van der Waals surface area contributed by atoms with Gasteiger partial charge in [0.05, 0.1) is 24.0 Å². The molecule has 0 radical (unpaired) electrons. The standard InChI is InChI=1S/C16H18N4O2S/c1-10(2)15(22)19-16-18-12(9-23-16)7-14(21)20-6-4-11-3-5-17-8-13(11)20/h3,5,8-10H,4,6-7H2,1-2H3,(H,18,19,22). The third-order valence-corrected chi connectivity index (χ3v) is 4.53. The molecule has 0 fully saturated rings. The number of carbonyl (C=O) groups is 2. The van der Waals surface area contributed by atoms with Crippen LogP contribution < -0.4 is 10.2 Å². The predicted molar refractivity (Wildman–Crippen MR) is 89.6 cm³/mol. The maximum atomic E-state index is 12.5. The Labute approximate surface area is 138 Å². The molecule has 1 aliphatic heterocycles. The van der Waals surface area contributed by atoms with Crippen LogP contribution in [0.1, 0.15) is 25.1 Å². The zero-order valence-corrected chi connectivity index (χ0v) is 13.9. The fourth-order valence-electron chi connectivity index (χ4n) is 2.43. The number of carbonyl (C=O) groups excluding carboxylic acids is 2. The summed E-state index contributed by atoms with van der Waals surface area (Å²) in [5, 5.41) is 5.10. The van der Waals surface area contributed by atoms with Crippen molar-refractivity contribution in [1.82, 2.24) is 9.97 Å². The van der Waals surface area contributed by atoms with Crippen LogP contribution in [0, 0.1) is 5.92 Å². The van der Waals surface area contributed by atoms with Gasteiger partial charge >= 0.3 is 0 Å². The van der Waals surface area contributed by atoms with Crippen LogP contribution in [0.4, 0.5) is 10.8 Å². The van der Waals surface area contributed by atoms with Gasteiger partial charge in [-0.05, 0) is 18.1 Å². The molecule has 6 nitrogen and oxygen atoms in total. The number of nitrogens with one attached hydrogen (secondary N) is 1. The number of thiazole rings is 1. The molecule has 2 amide bonds. The van der Waals surface area contributed by atoms with E-state index in [-0.39, 0.29) is 24.2 Å². The fourth-order valence-corrected chi connectivity index (χ4v) is 3.14. The highest BCUT2D eigenvalue weighted by Gasteiger charge is 2.25. The van der Waals surface area contributed by atoms with Crippen molar-refractivity contribution >= 4 is 34.0 Å². The Hall–Kier alpha value is -2.28. The molecule has 0 aliphatic carbocycles. The van der Waals surface area contributed by atoms with E-state index >= 15 is 0 Å². The first-order valence-electron chi connectivity index (χ1n) is 7.53. The minimum absolute atomic E-state index is 0.00351. The molecule has 23 heavy (non-hydrogen) atoms. The molecule has 0 bridgehead atoms. The number of hydrogen-bond donors (Lipinski definition) is 1. The first-order chi connectivity index (χ1) is 11.0. The van der Waals surface area contributed by atoms with Crippen LogP contribution in [0.15, 0.2) is 23.8 Å². The van der Waals surface area contributed by atoms with E-state index < -0.39 is 0 Å². The van der Waals surface area contributed by atoms with Gasteiger partial charge in [0.1, 0.15) is 0 Å². The monoisotopic (exact) mass is 330 g/mol. The van der Waals surface area contributed by atoms with E-state index in [0.717, 1.165) is 17.7 Å². The Balaban J connectivity index is 1.65. The van der Waals surface area contributed by atoms with E-state index in [0.29, 0.717) is 17.4 Å². The van der Waals surface area contributed by atoms with E-state index in [9.17, 15) is 9.59 Å². The van der Waals surface area contributed by atoms with Crippen molar-refractivity contribution in [3.8, 4) is 0 Å². The van der Waals surface area contributed by atoms with Crippen molar-refractivity contribution in [3.05, 3.63) is 35.1 Å². The van der Waals surface area contributed by atoms with E-state index in [4.69, 9.17) is 0 Å². The summed E-state index contributed by atoms with van der Waals surface area (Å²) in [5.41, 5.74) is 2.72. The summed E-state index contributed by atoms with van der Waals surface area (Å²) in [6.07, 6.45) is 4.56. The molecule has 0 aromatic carbocycles. The Kier molecular flexibility index (Phi) is 4.38. The van der Waals surface area contributed by atoms with Gasteiger partial charge in [0.2, 0.25) is 11.8 Å². The summed E-state index contributed by atoms with van der Waals surface area (Å²) >= 11 is 1.34.